The first-order valence-electron chi connectivity index (χ1n) is 11.5. The van der Waals surface area contributed by atoms with Gasteiger partial charge in [0, 0.05) is 0 Å². The van der Waals surface area contributed by atoms with Gasteiger partial charge in [0.25, 0.3) is 0 Å². The van der Waals surface area contributed by atoms with Crippen LogP contribution in [0.5, 0.6) is 5.75 Å². The van der Waals surface area contributed by atoms with Crippen molar-refractivity contribution in [2.75, 3.05) is 7.11 Å². The summed E-state index contributed by atoms with van der Waals surface area (Å²) in [6, 6.07) is 22.6. The Morgan fingerprint density at radius 2 is 1.79 bits per heavy atom. The number of methoxy groups -OCH3 is 1. The van der Waals surface area contributed by atoms with Gasteiger partial charge in [-0.2, -0.15) is 0 Å². The van der Waals surface area contributed by atoms with Gasteiger partial charge in [-0.3, -0.25) is 0 Å². The second-order valence-electron chi connectivity index (χ2n) is 8.64. The maximum Gasteiger partial charge on any atom is 0.315 e. The van der Waals surface area contributed by atoms with Crippen molar-refractivity contribution in [2.45, 2.75) is 37.5 Å². The molecule has 1 heterocycles. The molecule has 0 saturated heterocycles. The number of amides is 2. The molecule has 0 saturated carbocycles. The van der Waals surface area contributed by atoms with E-state index in [1.807, 2.05) is 72.8 Å². The number of para-hydroxylation sites is 2. The molecule has 3 aromatic carbocycles. The van der Waals surface area contributed by atoms with Crippen LogP contribution in [0.1, 0.15) is 53.5 Å². The van der Waals surface area contributed by atoms with E-state index < -0.39 is 6.10 Å². The van der Waals surface area contributed by atoms with Gasteiger partial charge in [0.1, 0.15) is 11.6 Å². The van der Waals surface area contributed by atoms with Crippen LogP contribution in [-0.2, 0) is 6.42 Å². The number of imidazole rings is 1. The molecule has 5 rings (SSSR count). The van der Waals surface area contributed by atoms with Gasteiger partial charge in [-0.05, 0) is 60.2 Å². The zero-order chi connectivity index (χ0) is 23.5. The standard InChI is InChI=1S/C27H28N4O3/c1-34-18-12-10-17(11-13-18)16-24(26-28-22-8-4-5-9-23(22)29-26)31-27(33)30-21-14-15-25(32)20-7-3-2-6-19(20)21/h2-13,21,24-25,32H,14-16H2,1H3,(H,28,29)(H2,30,31,33)/t21-,24+,25-/m0/s1. The van der Waals surface area contributed by atoms with Crippen molar-refractivity contribution in [1.29, 1.82) is 0 Å². The molecule has 0 aliphatic heterocycles. The van der Waals surface area contributed by atoms with Crippen LogP contribution in [0.25, 0.3) is 11.0 Å². The highest BCUT2D eigenvalue weighted by atomic mass is 16.5. The van der Waals surface area contributed by atoms with E-state index in [-0.39, 0.29) is 18.1 Å². The maximum absolute atomic E-state index is 13.1. The summed E-state index contributed by atoms with van der Waals surface area (Å²) < 4.78 is 5.27. The minimum Gasteiger partial charge on any atom is -0.497 e. The third-order valence-corrected chi connectivity index (χ3v) is 6.41. The molecule has 0 spiro atoms. The fraction of sp³-hybridized carbons (Fsp3) is 0.259. The highest BCUT2D eigenvalue weighted by Gasteiger charge is 2.28. The van der Waals surface area contributed by atoms with Gasteiger partial charge in [-0.15, -0.1) is 0 Å². The number of carbonyl (C=O) groups excluding carboxylic acids is 1. The van der Waals surface area contributed by atoms with Gasteiger partial charge in [0.15, 0.2) is 0 Å². The normalized spacial score (nSPS) is 18.2. The van der Waals surface area contributed by atoms with Crippen molar-refractivity contribution < 1.29 is 14.6 Å². The molecule has 2 amide bonds. The average molecular weight is 457 g/mol. The van der Waals surface area contributed by atoms with Crippen molar-refractivity contribution >= 4 is 17.1 Å². The maximum atomic E-state index is 13.1. The molecule has 7 nitrogen and oxygen atoms in total. The molecule has 0 fully saturated rings. The van der Waals surface area contributed by atoms with Gasteiger partial charge in [-0.1, -0.05) is 48.5 Å². The van der Waals surface area contributed by atoms with E-state index in [1.54, 1.807) is 7.11 Å². The van der Waals surface area contributed by atoms with Gasteiger partial charge in [0.2, 0.25) is 0 Å². The Kier molecular flexibility index (Phi) is 6.18. The minimum atomic E-state index is -0.490. The van der Waals surface area contributed by atoms with Crippen LogP contribution in [0, 0.1) is 0 Å². The number of hydrogen-bond acceptors (Lipinski definition) is 4. The van der Waals surface area contributed by atoms with Crippen molar-refractivity contribution in [2.24, 2.45) is 0 Å². The van der Waals surface area contributed by atoms with Crippen molar-refractivity contribution in [3.8, 4) is 5.75 Å². The number of hydrogen-bond donors (Lipinski definition) is 4. The Morgan fingerprint density at radius 3 is 2.56 bits per heavy atom. The van der Waals surface area contributed by atoms with E-state index in [2.05, 4.69) is 15.6 Å². The lowest BCUT2D eigenvalue weighted by Gasteiger charge is -2.30. The fourth-order valence-electron chi connectivity index (χ4n) is 4.63. The number of aromatic amines is 1. The summed E-state index contributed by atoms with van der Waals surface area (Å²) in [5.74, 6) is 1.49. The smallest absolute Gasteiger partial charge is 0.315 e. The molecular formula is C27H28N4O3. The fourth-order valence-corrected chi connectivity index (χ4v) is 4.63. The van der Waals surface area contributed by atoms with Crippen LogP contribution in [0.3, 0.4) is 0 Å². The number of nitrogens with zero attached hydrogens (tertiary/aromatic N) is 1. The van der Waals surface area contributed by atoms with Gasteiger partial charge >= 0.3 is 6.03 Å². The summed E-state index contributed by atoms with van der Waals surface area (Å²) in [6.45, 7) is 0. The van der Waals surface area contributed by atoms with E-state index in [0.29, 0.717) is 25.1 Å². The van der Waals surface area contributed by atoms with Crippen LogP contribution >= 0.6 is 0 Å². The molecule has 0 radical (unpaired) electrons. The van der Waals surface area contributed by atoms with Gasteiger partial charge in [0.05, 0.1) is 36.3 Å². The predicted molar refractivity (Wildman–Crippen MR) is 131 cm³/mol. The summed E-state index contributed by atoms with van der Waals surface area (Å²) in [5, 5.41) is 16.6. The van der Waals surface area contributed by atoms with Crippen molar-refractivity contribution in [3.05, 3.63) is 95.3 Å². The predicted octanol–water partition coefficient (Wildman–Crippen LogP) is 4.72. The average Bonchev–Trinajstić information content (AvgIpc) is 3.30. The van der Waals surface area contributed by atoms with E-state index >= 15 is 0 Å². The Hall–Kier alpha value is -3.84. The molecular weight excluding hydrogens is 428 g/mol. The van der Waals surface area contributed by atoms with E-state index in [0.717, 1.165) is 33.5 Å². The molecule has 7 heteroatoms. The number of aliphatic hydroxyl groups is 1. The number of urea groups is 1. The molecule has 3 atom stereocenters. The molecule has 0 unspecified atom stereocenters. The summed E-state index contributed by atoms with van der Waals surface area (Å²) in [5.41, 5.74) is 4.68. The number of rotatable bonds is 6. The SMILES string of the molecule is COc1ccc(C[C@@H](NC(=O)N[C@H]2CC[C@H](O)c3ccccc32)c2nc3ccccc3[nH]2)cc1. The van der Waals surface area contributed by atoms with Gasteiger partial charge in [-0.25, -0.2) is 9.78 Å². The Balaban J connectivity index is 1.37. The first-order valence-corrected chi connectivity index (χ1v) is 11.5. The molecule has 1 aliphatic rings. The summed E-state index contributed by atoms with van der Waals surface area (Å²) >= 11 is 0. The number of ether oxygens (including phenoxy) is 1. The third-order valence-electron chi connectivity index (χ3n) is 6.41. The molecule has 0 bridgehead atoms. The number of carbonyl (C=O) groups is 1. The Bertz CT molecular complexity index is 1250. The Labute approximate surface area is 198 Å². The van der Waals surface area contributed by atoms with E-state index in [1.165, 1.54) is 0 Å². The molecule has 1 aromatic heterocycles. The molecule has 174 valence electrons. The van der Waals surface area contributed by atoms with E-state index in [4.69, 9.17) is 9.72 Å². The first-order chi connectivity index (χ1) is 16.6. The highest BCUT2D eigenvalue weighted by Crippen LogP contribution is 2.35. The van der Waals surface area contributed by atoms with Crippen LogP contribution < -0.4 is 15.4 Å². The number of aromatic nitrogens is 2. The van der Waals surface area contributed by atoms with Crippen LogP contribution in [0.4, 0.5) is 4.79 Å². The number of aliphatic hydroxyl groups excluding tert-OH is 1. The van der Waals surface area contributed by atoms with Gasteiger partial charge < -0.3 is 25.5 Å². The second-order valence-corrected chi connectivity index (χ2v) is 8.64. The van der Waals surface area contributed by atoms with Crippen LogP contribution in [0.15, 0.2) is 72.8 Å². The Morgan fingerprint density at radius 1 is 1.06 bits per heavy atom. The number of nitrogens with one attached hydrogen (secondary N) is 3. The second kappa shape index (κ2) is 9.57. The summed E-state index contributed by atoms with van der Waals surface area (Å²) in [4.78, 5) is 21.2. The number of benzene rings is 3. The lowest BCUT2D eigenvalue weighted by molar-refractivity contribution is 0.146. The largest absolute Gasteiger partial charge is 0.497 e. The first kappa shape index (κ1) is 22.0. The molecule has 4 N–H and O–H groups in total. The minimum absolute atomic E-state index is 0.156. The lowest BCUT2D eigenvalue weighted by atomic mass is 9.86. The number of H-pyrrole nitrogens is 1. The van der Waals surface area contributed by atoms with Crippen molar-refractivity contribution in [1.82, 2.24) is 20.6 Å². The number of fused-ring (bicyclic) bond motifs is 2. The topological polar surface area (TPSA) is 99.3 Å². The molecule has 1 aliphatic carbocycles. The van der Waals surface area contributed by atoms with Crippen LogP contribution in [-0.4, -0.2) is 28.2 Å². The van der Waals surface area contributed by atoms with E-state index in [9.17, 15) is 9.90 Å². The zero-order valence-corrected chi connectivity index (χ0v) is 19.0. The molecule has 4 aromatic rings. The summed E-state index contributed by atoms with van der Waals surface area (Å²) in [7, 11) is 1.64. The van der Waals surface area contributed by atoms with Crippen molar-refractivity contribution in [3.63, 3.8) is 0 Å². The lowest BCUT2D eigenvalue weighted by Crippen LogP contribution is -2.42. The molecule has 34 heavy (non-hydrogen) atoms. The summed E-state index contributed by atoms with van der Waals surface area (Å²) in [6.07, 6.45) is 1.37. The van der Waals surface area contributed by atoms with Crippen LogP contribution in [0.2, 0.25) is 0 Å². The monoisotopic (exact) mass is 456 g/mol. The zero-order valence-electron chi connectivity index (χ0n) is 19.0. The third kappa shape index (κ3) is 4.61. The quantitative estimate of drug-likeness (QED) is 0.337. The highest BCUT2D eigenvalue weighted by molar-refractivity contribution is 5.77.